The Labute approximate surface area is 95.6 Å². The molecule has 1 aromatic carbocycles. The molecule has 0 radical (unpaired) electrons. The van der Waals surface area contributed by atoms with E-state index >= 15 is 0 Å². The number of rotatable bonds is 1. The number of hydrogen-bond acceptors (Lipinski definition) is 2. The van der Waals surface area contributed by atoms with Crippen molar-refractivity contribution < 1.29 is 5.11 Å². The third-order valence-corrected chi connectivity index (χ3v) is 2.86. The van der Waals surface area contributed by atoms with Gasteiger partial charge < -0.3 is 5.11 Å². The lowest BCUT2D eigenvalue weighted by Crippen LogP contribution is -1.91. The molecule has 0 amide bonds. The van der Waals surface area contributed by atoms with Crippen molar-refractivity contribution in [3.8, 4) is 16.9 Å². The minimum absolute atomic E-state index is 0.278. The molecule has 2 rings (SSSR count). The summed E-state index contributed by atoms with van der Waals surface area (Å²) in [6.07, 6.45) is 1.73. The van der Waals surface area contributed by atoms with Crippen LogP contribution in [0.3, 0.4) is 0 Å². The Morgan fingerprint density at radius 2 is 1.62 bits per heavy atom. The van der Waals surface area contributed by atoms with Crippen LogP contribution < -0.4 is 0 Å². The van der Waals surface area contributed by atoms with Crippen molar-refractivity contribution in [2.75, 3.05) is 0 Å². The lowest BCUT2D eigenvalue weighted by atomic mass is 9.95. The van der Waals surface area contributed by atoms with E-state index in [0.29, 0.717) is 5.69 Å². The fourth-order valence-electron chi connectivity index (χ4n) is 2.00. The van der Waals surface area contributed by atoms with Crippen LogP contribution in [0.25, 0.3) is 11.1 Å². The number of benzene rings is 1. The normalized spacial score (nSPS) is 10.4. The van der Waals surface area contributed by atoms with Gasteiger partial charge >= 0.3 is 0 Å². The smallest absolute Gasteiger partial charge is 0.144 e. The monoisotopic (exact) mass is 213 g/mol. The standard InChI is InChI=1S/C14H15NO/c1-9-5-4-6-10(2)13(9)12-7-8-15-11(3)14(12)16/h4-8,16H,1-3H3. The van der Waals surface area contributed by atoms with E-state index in [4.69, 9.17) is 0 Å². The van der Waals surface area contributed by atoms with Crippen LogP contribution in [-0.2, 0) is 0 Å². The summed E-state index contributed by atoms with van der Waals surface area (Å²) in [5.74, 6) is 0.278. The second kappa shape index (κ2) is 3.97. The van der Waals surface area contributed by atoms with Gasteiger partial charge in [0.15, 0.2) is 0 Å². The largest absolute Gasteiger partial charge is 0.505 e. The molecule has 0 atom stereocenters. The Morgan fingerprint density at radius 3 is 2.25 bits per heavy atom. The Bertz CT molecular complexity index is 512. The van der Waals surface area contributed by atoms with Crippen LogP contribution in [-0.4, -0.2) is 10.1 Å². The lowest BCUT2D eigenvalue weighted by molar-refractivity contribution is 0.469. The number of aryl methyl sites for hydroxylation is 3. The van der Waals surface area contributed by atoms with Gasteiger partial charge in [0.1, 0.15) is 5.75 Å². The molecule has 0 saturated heterocycles. The van der Waals surface area contributed by atoms with Crippen molar-refractivity contribution in [2.24, 2.45) is 0 Å². The summed E-state index contributed by atoms with van der Waals surface area (Å²) in [7, 11) is 0. The van der Waals surface area contributed by atoms with E-state index in [2.05, 4.69) is 31.0 Å². The Kier molecular flexibility index (Phi) is 2.65. The highest BCUT2D eigenvalue weighted by Gasteiger charge is 2.11. The first kappa shape index (κ1) is 10.7. The van der Waals surface area contributed by atoms with E-state index in [1.165, 1.54) is 11.1 Å². The average Bonchev–Trinajstić information content (AvgIpc) is 2.24. The molecule has 0 bridgehead atoms. The van der Waals surface area contributed by atoms with Crippen molar-refractivity contribution in [3.05, 3.63) is 47.3 Å². The maximum absolute atomic E-state index is 10.0. The molecule has 0 aliphatic heterocycles. The van der Waals surface area contributed by atoms with Crippen molar-refractivity contribution in [3.63, 3.8) is 0 Å². The fraction of sp³-hybridized carbons (Fsp3) is 0.214. The summed E-state index contributed by atoms with van der Waals surface area (Å²) < 4.78 is 0. The quantitative estimate of drug-likeness (QED) is 0.787. The second-order valence-corrected chi connectivity index (χ2v) is 4.06. The summed E-state index contributed by atoms with van der Waals surface area (Å²) in [6, 6.07) is 7.99. The molecule has 2 aromatic rings. The highest BCUT2D eigenvalue weighted by Crippen LogP contribution is 2.34. The molecule has 1 N–H and O–H groups in total. The highest BCUT2D eigenvalue weighted by molar-refractivity contribution is 5.76. The molecule has 0 unspecified atom stereocenters. The van der Waals surface area contributed by atoms with Crippen molar-refractivity contribution in [2.45, 2.75) is 20.8 Å². The van der Waals surface area contributed by atoms with Gasteiger partial charge in [-0.05, 0) is 43.5 Å². The SMILES string of the molecule is Cc1cccc(C)c1-c1ccnc(C)c1O. The number of aromatic nitrogens is 1. The molecular weight excluding hydrogens is 198 g/mol. The van der Waals surface area contributed by atoms with E-state index in [0.717, 1.165) is 11.1 Å². The minimum atomic E-state index is 0.278. The van der Waals surface area contributed by atoms with Crippen molar-refractivity contribution >= 4 is 0 Å². The molecule has 0 fully saturated rings. The van der Waals surface area contributed by atoms with Crippen LogP contribution in [0.1, 0.15) is 16.8 Å². The maximum Gasteiger partial charge on any atom is 0.144 e. The van der Waals surface area contributed by atoms with Gasteiger partial charge in [-0.1, -0.05) is 18.2 Å². The first-order chi connectivity index (χ1) is 7.61. The first-order valence-corrected chi connectivity index (χ1v) is 5.32. The van der Waals surface area contributed by atoms with Crippen LogP contribution in [0, 0.1) is 20.8 Å². The van der Waals surface area contributed by atoms with Crippen LogP contribution in [0.5, 0.6) is 5.75 Å². The molecule has 0 aliphatic carbocycles. The molecular formula is C14H15NO. The van der Waals surface area contributed by atoms with Crippen molar-refractivity contribution in [1.82, 2.24) is 4.98 Å². The molecule has 0 aliphatic rings. The molecule has 1 heterocycles. The highest BCUT2D eigenvalue weighted by atomic mass is 16.3. The van der Waals surface area contributed by atoms with Gasteiger partial charge in [-0.15, -0.1) is 0 Å². The molecule has 2 heteroatoms. The predicted octanol–water partition coefficient (Wildman–Crippen LogP) is 3.38. The molecule has 1 aromatic heterocycles. The fourth-order valence-corrected chi connectivity index (χ4v) is 2.00. The third-order valence-electron chi connectivity index (χ3n) is 2.86. The first-order valence-electron chi connectivity index (χ1n) is 5.32. The molecule has 0 spiro atoms. The second-order valence-electron chi connectivity index (χ2n) is 4.06. The lowest BCUT2D eigenvalue weighted by Gasteiger charge is -2.12. The summed E-state index contributed by atoms with van der Waals surface area (Å²) in [4.78, 5) is 4.07. The average molecular weight is 213 g/mol. The van der Waals surface area contributed by atoms with Gasteiger partial charge in [0, 0.05) is 11.8 Å². The molecule has 0 saturated carbocycles. The molecule has 16 heavy (non-hydrogen) atoms. The summed E-state index contributed by atoms with van der Waals surface area (Å²) in [5, 5.41) is 10.0. The van der Waals surface area contributed by atoms with Crippen LogP contribution in [0.2, 0.25) is 0 Å². The van der Waals surface area contributed by atoms with E-state index in [1.54, 1.807) is 6.20 Å². The molecule has 82 valence electrons. The summed E-state index contributed by atoms with van der Waals surface area (Å²) >= 11 is 0. The Hall–Kier alpha value is -1.83. The van der Waals surface area contributed by atoms with Gasteiger partial charge in [-0.2, -0.15) is 0 Å². The number of aromatic hydroxyl groups is 1. The van der Waals surface area contributed by atoms with Crippen LogP contribution >= 0.6 is 0 Å². The Balaban J connectivity index is 2.73. The van der Waals surface area contributed by atoms with Gasteiger partial charge in [0.2, 0.25) is 0 Å². The van der Waals surface area contributed by atoms with E-state index in [1.807, 2.05) is 19.1 Å². The Morgan fingerprint density at radius 1 is 1.00 bits per heavy atom. The topological polar surface area (TPSA) is 33.1 Å². The zero-order valence-electron chi connectivity index (χ0n) is 9.78. The number of hydrogen-bond donors (Lipinski definition) is 1. The van der Waals surface area contributed by atoms with Gasteiger partial charge in [-0.3, -0.25) is 4.98 Å². The predicted molar refractivity (Wildman–Crippen MR) is 65.5 cm³/mol. The summed E-state index contributed by atoms with van der Waals surface area (Å²) in [6.45, 7) is 5.92. The van der Waals surface area contributed by atoms with Crippen LogP contribution in [0.4, 0.5) is 0 Å². The third kappa shape index (κ3) is 1.67. The minimum Gasteiger partial charge on any atom is -0.505 e. The van der Waals surface area contributed by atoms with E-state index in [9.17, 15) is 5.11 Å². The number of nitrogens with zero attached hydrogens (tertiary/aromatic N) is 1. The number of pyridine rings is 1. The van der Waals surface area contributed by atoms with Gasteiger partial charge in [0.25, 0.3) is 0 Å². The molecule has 2 nitrogen and oxygen atoms in total. The van der Waals surface area contributed by atoms with E-state index < -0.39 is 0 Å². The zero-order valence-corrected chi connectivity index (χ0v) is 9.78. The maximum atomic E-state index is 10.0. The van der Waals surface area contributed by atoms with E-state index in [-0.39, 0.29) is 5.75 Å². The summed E-state index contributed by atoms with van der Waals surface area (Å²) in [5.41, 5.74) is 4.97. The van der Waals surface area contributed by atoms with Gasteiger partial charge in [0.05, 0.1) is 5.69 Å². The van der Waals surface area contributed by atoms with Crippen LogP contribution in [0.15, 0.2) is 30.5 Å². The van der Waals surface area contributed by atoms with Crippen molar-refractivity contribution in [1.29, 1.82) is 0 Å². The zero-order chi connectivity index (χ0) is 11.7. The van der Waals surface area contributed by atoms with Gasteiger partial charge in [-0.25, -0.2) is 0 Å².